The Labute approximate surface area is 172 Å². The number of rotatable bonds is 6. The van der Waals surface area contributed by atoms with Crippen LogP contribution in [0, 0.1) is 0 Å². The second kappa shape index (κ2) is 9.29. The number of nitrogens with zero attached hydrogens (tertiary/aromatic N) is 1. The third kappa shape index (κ3) is 6.13. The van der Waals surface area contributed by atoms with E-state index in [4.69, 9.17) is 16.3 Å². The fraction of sp³-hybridized carbons (Fsp3) is 0.222. The van der Waals surface area contributed by atoms with Gasteiger partial charge in [-0.05, 0) is 30.3 Å². The normalized spacial score (nSPS) is 11.1. The number of para-hydroxylation sites is 1. The van der Waals surface area contributed by atoms with Crippen LogP contribution in [0.2, 0.25) is 5.02 Å². The summed E-state index contributed by atoms with van der Waals surface area (Å²) in [6.07, 6.45) is -4.61. The summed E-state index contributed by atoms with van der Waals surface area (Å²) in [5.41, 5.74) is -1.34. The van der Waals surface area contributed by atoms with Crippen LogP contribution in [0.5, 0.6) is 5.75 Å². The molecule has 0 radical (unpaired) electrons. The van der Waals surface area contributed by atoms with Crippen LogP contribution in [0.4, 0.5) is 18.9 Å². The molecule has 28 heavy (non-hydrogen) atoms. The number of ether oxygens (including phenoxy) is 1. The largest absolute Gasteiger partial charge is 0.482 e. The first-order chi connectivity index (χ1) is 13.1. The Morgan fingerprint density at radius 2 is 1.89 bits per heavy atom. The number of hydrogen-bond donors (Lipinski definition) is 1. The molecule has 0 heterocycles. The zero-order chi connectivity index (χ0) is 20.9. The molecule has 0 spiro atoms. The van der Waals surface area contributed by atoms with Gasteiger partial charge in [-0.25, -0.2) is 0 Å². The molecule has 0 aliphatic rings. The van der Waals surface area contributed by atoms with Crippen LogP contribution in [0.1, 0.15) is 5.56 Å². The molecule has 2 rings (SSSR count). The SMILES string of the molecule is CN(CC(=O)Nc1ccccc1C(F)(F)F)C(=O)COc1ccc(Br)cc1Cl. The second-order valence-corrected chi connectivity index (χ2v) is 7.03. The lowest BCUT2D eigenvalue weighted by Gasteiger charge is -2.18. The van der Waals surface area contributed by atoms with Gasteiger partial charge in [-0.2, -0.15) is 13.2 Å². The fourth-order valence-electron chi connectivity index (χ4n) is 2.17. The number of likely N-dealkylation sites (N-methyl/N-ethyl adjacent to an activating group) is 1. The summed E-state index contributed by atoms with van der Waals surface area (Å²) >= 11 is 9.22. The molecular weight excluding hydrogens is 465 g/mol. The van der Waals surface area contributed by atoms with Crippen molar-refractivity contribution in [3.63, 3.8) is 0 Å². The van der Waals surface area contributed by atoms with Crippen LogP contribution >= 0.6 is 27.5 Å². The molecule has 0 saturated carbocycles. The molecule has 1 N–H and O–H groups in total. The van der Waals surface area contributed by atoms with Crippen LogP contribution in [0.25, 0.3) is 0 Å². The van der Waals surface area contributed by atoms with Crippen LogP contribution in [-0.4, -0.2) is 36.9 Å². The highest BCUT2D eigenvalue weighted by Gasteiger charge is 2.33. The molecule has 150 valence electrons. The highest BCUT2D eigenvalue weighted by atomic mass is 79.9. The van der Waals surface area contributed by atoms with Crippen molar-refractivity contribution in [3.05, 3.63) is 57.5 Å². The lowest BCUT2D eigenvalue weighted by molar-refractivity contribution is -0.137. The van der Waals surface area contributed by atoms with Gasteiger partial charge in [-0.1, -0.05) is 39.7 Å². The minimum Gasteiger partial charge on any atom is -0.482 e. The molecular formula is C18H15BrClF3N2O3. The molecule has 0 unspecified atom stereocenters. The van der Waals surface area contributed by atoms with Crippen molar-refractivity contribution >= 4 is 45.0 Å². The molecule has 0 saturated heterocycles. The Balaban J connectivity index is 1.92. The number of benzene rings is 2. The Kier molecular flexibility index (Phi) is 7.31. The predicted octanol–water partition coefficient (Wildman–Crippen LogP) is 4.60. The van der Waals surface area contributed by atoms with Crippen molar-refractivity contribution in [2.45, 2.75) is 6.18 Å². The van der Waals surface area contributed by atoms with Gasteiger partial charge in [0.05, 0.1) is 22.8 Å². The first-order valence-corrected chi connectivity index (χ1v) is 9.03. The maximum absolute atomic E-state index is 13.0. The molecule has 2 aromatic carbocycles. The molecule has 5 nitrogen and oxygen atoms in total. The third-order valence-corrected chi connectivity index (χ3v) is 4.35. The monoisotopic (exact) mass is 478 g/mol. The van der Waals surface area contributed by atoms with Gasteiger partial charge >= 0.3 is 6.18 Å². The summed E-state index contributed by atoms with van der Waals surface area (Å²) in [5, 5.41) is 2.47. The number of anilines is 1. The standard InChI is InChI=1S/C18H15BrClF3N2O3/c1-25(17(27)10-28-15-7-6-11(19)8-13(15)20)9-16(26)24-14-5-3-2-4-12(14)18(21,22)23/h2-8H,9-10H2,1H3,(H,24,26). The van der Waals surface area contributed by atoms with Gasteiger partial charge in [0.25, 0.3) is 5.91 Å². The third-order valence-electron chi connectivity index (χ3n) is 3.56. The number of alkyl halides is 3. The lowest BCUT2D eigenvalue weighted by atomic mass is 10.1. The van der Waals surface area contributed by atoms with E-state index in [9.17, 15) is 22.8 Å². The van der Waals surface area contributed by atoms with E-state index in [-0.39, 0.29) is 18.0 Å². The Hall–Kier alpha value is -2.26. The molecule has 0 bridgehead atoms. The number of carbonyl (C=O) groups is 2. The zero-order valence-corrected chi connectivity index (χ0v) is 16.9. The first kappa shape index (κ1) is 22.0. The van der Waals surface area contributed by atoms with Gasteiger partial charge in [-0.15, -0.1) is 0 Å². The number of nitrogens with one attached hydrogen (secondary N) is 1. The second-order valence-electron chi connectivity index (χ2n) is 5.70. The average molecular weight is 480 g/mol. The van der Waals surface area contributed by atoms with E-state index in [0.717, 1.165) is 21.5 Å². The van der Waals surface area contributed by atoms with E-state index < -0.39 is 30.1 Å². The van der Waals surface area contributed by atoms with Gasteiger partial charge in [-0.3, -0.25) is 9.59 Å². The van der Waals surface area contributed by atoms with Gasteiger partial charge in [0.15, 0.2) is 6.61 Å². The number of amides is 2. The van der Waals surface area contributed by atoms with Crippen molar-refractivity contribution < 1.29 is 27.5 Å². The van der Waals surface area contributed by atoms with Gasteiger partial charge in [0, 0.05) is 11.5 Å². The number of carbonyl (C=O) groups excluding carboxylic acids is 2. The van der Waals surface area contributed by atoms with Gasteiger partial charge < -0.3 is 15.0 Å². The van der Waals surface area contributed by atoms with Crippen LogP contribution in [-0.2, 0) is 15.8 Å². The first-order valence-electron chi connectivity index (χ1n) is 7.86. The number of halogens is 5. The Morgan fingerprint density at radius 1 is 1.21 bits per heavy atom. The number of hydrogen-bond acceptors (Lipinski definition) is 3. The summed E-state index contributed by atoms with van der Waals surface area (Å²) < 4.78 is 44.9. The molecule has 0 fully saturated rings. The smallest absolute Gasteiger partial charge is 0.418 e. The molecule has 0 aromatic heterocycles. The quantitative estimate of drug-likeness (QED) is 0.659. The summed E-state index contributed by atoms with van der Waals surface area (Å²) in [4.78, 5) is 25.2. The maximum atomic E-state index is 13.0. The van der Waals surface area contributed by atoms with Crippen molar-refractivity contribution in [1.29, 1.82) is 0 Å². The Bertz CT molecular complexity index is 877. The van der Waals surface area contributed by atoms with Crippen LogP contribution in [0.3, 0.4) is 0 Å². The molecule has 10 heteroatoms. The summed E-state index contributed by atoms with van der Waals surface area (Å²) in [6.45, 7) is -0.827. The molecule has 0 aliphatic heterocycles. The maximum Gasteiger partial charge on any atom is 0.418 e. The van der Waals surface area contributed by atoms with E-state index in [0.29, 0.717) is 5.02 Å². The van der Waals surface area contributed by atoms with E-state index >= 15 is 0 Å². The highest BCUT2D eigenvalue weighted by Crippen LogP contribution is 2.34. The topological polar surface area (TPSA) is 58.6 Å². The predicted molar refractivity (Wildman–Crippen MR) is 102 cm³/mol. The van der Waals surface area contributed by atoms with Crippen molar-refractivity contribution in [1.82, 2.24) is 4.90 Å². The summed E-state index contributed by atoms with van der Waals surface area (Å²) in [6, 6.07) is 9.44. The minimum atomic E-state index is -4.61. The fourth-order valence-corrected chi connectivity index (χ4v) is 2.90. The summed E-state index contributed by atoms with van der Waals surface area (Å²) in [7, 11) is 1.34. The van der Waals surface area contributed by atoms with Crippen molar-refractivity contribution in [3.8, 4) is 5.75 Å². The molecule has 2 aromatic rings. The highest BCUT2D eigenvalue weighted by molar-refractivity contribution is 9.10. The zero-order valence-electron chi connectivity index (χ0n) is 14.5. The van der Waals surface area contributed by atoms with Crippen LogP contribution in [0.15, 0.2) is 46.9 Å². The van der Waals surface area contributed by atoms with Crippen LogP contribution < -0.4 is 10.1 Å². The molecule has 0 aliphatic carbocycles. The van der Waals surface area contributed by atoms with E-state index in [2.05, 4.69) is 21.2 Å². The van der Waals surface area contributed by atoms with E-state index in [1.165, 1.54) is 19.2 Å². The molecule has 0 atom stereocenters. The van der Waals surface area contributed by atoms with E-state index in [1.54, 1.807) is 18.2 Å². The molecule has 2 amide bonds. The van der Waals surface area contributed by atoms with Crippen molar-refractivity contribution in [2.24, 2.45) is 0 Å². The minimum absolute atomic E-state index is 0.287. The van der Waals surface area contributed by atoms with Gasteiger partial charge in [0.2, 0.25) is 5.91 Å². The Morgan fingerprint density at radius 3 is 2.54 bits per heavy atom. The summed E-state index contributed by atoms with van der Waals surface area (Å²) in [5.74, 6) is -1.03. The average Bonchev–Trinajstić information content (AvgIpc) is 2.60. The lowest BCUT2D eigenvalue weighted by Crippen LogP contribution is -2.37. The van der Waals surface area contributed by atoms with Crippen molar-refractivity contribution in [2.75, 3.05) is 25.5 Å². The van der Waals surface area contributed by atoms with Gasteiger partial charge in [0.1, 0.15) is 5.75 Å². The van der Waals surface area contributed by atoms with E-state index in [1.807, 2.05) is 0 Å².